The van der Waals surface area contributed by atoms with Crippen molar-refractivity contribution in [1.82, 2.24) is 0 Å². The summed E-state index contributed by atoms with van der Waals surface area (Å²) in [4.78, 5) is 10.8. The molecule has 1 aromatic heterocycles. The molecule has 2 rings (SSSR count). The smallest absolute Gasteiger partial charge is 0.372 e. The van der Waals surface area contributed by atoms with E-state index in [1.54, 1.807) is 6.92 Å². The lowest BCUT2D eigenvalue weighted by molar-refractivity contribution is 0.0659. The molecule has 0 fully saturated rings. The monoisotopic (exact) mass is 208 g/mol. The van der Waals surface area contributed by atoms with E-state index in [1.807, 2.05) is 0 Å². The van der Waals surface area contributed by atoms with E-state index in [9.17, 15) is 10.0 Å². The molecule has 1 N–H and O–H groups in total. The third kappa shape index (κ3) is 1.40. The molecule has 0 radical (unpaired) electrons. The van der Waals surface area contributed by atoms with E-state index in [2.05, 4.69) is 5.16 Å². The number of carboxylic acids is 1. The van der Waals surface area contributed by atoms with Crippen molar-refractivity contribution in [1.29, 1.82) is 0 Å². The SMILES string of the molecule is Cc1c(C(=O)O)oc2c1/C(=N\[O-])CCC2. The highest BCUT2D eigenvalue weighted by molar-refractivity contribution is 6.05. The van der Waals surface area contributed by atoms with Crippen molar-refractivity contribution >= 4 is 11.7 Å². The van der Waals surface area contributed by atoms with Gasteiger partial charge in [0.05, 0.1) is 0 Å². The predicted octanol–water partition coefficient (Wildman–Crippen LogP) is 1.91. The van der Waals surface area contributed by atoms with E-state index in [0.29, 0.717) is 35.4 Å². The molecule has 5 heteroatoms. The first kappa shape index (κ1) is 9.76. The Kier molecular flexibility index (Phi) is 2.22. The molecule has 0 spiro atoms. The zero-order valence-electron chi connectivity index (χ0n) is 8.24. The minimum Gasteiger partial charge on any atom is -0.792 e. The van der Waals surface area contributed by atoms with Gasteiger partial charge in [0.2, 0.25) is 5.76 Å². The fourth-order valence-corrected chi connectivity index (χ4v) is 1.96. The summed E-state index contributed by atoms with van der Waals surface area (Å²) < 4.78 is 5.21. The number of hydrogen-bond donors (Lipinski definition) is 1. The summed E-state index contributed by atoms with van der Waals surface area (Å²) in [5.41, 5.74) is 1.52. The molecule has 1 heterocycles. The standard InChI is InChI=1S/C10H11NO4/c1-5-8-6(11-14)3-2-4-7(8)15-9(5)10(12)13/h14H,2-4H2,1H3,(H,12,13)/p-1/b11-6-. The van der Waals surface area contributed by atoms with Crippen molar-refractivity contribution in [2.24, 2.45) is 5.16 Å². The number of aryl methyl sites for hydroxylation is 1. The normalized spacial score (nSPS) is 17.8. The van der Waals surface area contributed by atoms with Gasteiger partial charge in [-0.2, -0.15) is 0 Å². The van der Waals surface area contributed by atoms with Crippen LogP contribution in [-0.4, -0.2) is 16.8 Å². The van der Waals surface area contributed by atoms with Crippen molar-refractivity contribution in [3.63, 3.8) is 0 Å². The van der Waals surface area contributed by atoms with Crippen LogP contribution in [0.3, 0.4) is 0 Å². The zero-order valence-corrected chi connectivity index (χ0v) is 8.24. The van der Waals surface area contributed by atoms with E-state index in [-0.39, 0.29) is 5.76 Å². The average Bonchev–Trinajstić information content (AvgIpc) is 2.56. The lowest BCUT2D eigenvalue weighted by atomic mass is 9.93. The van der Waals surface area contributed by atoms with Crippen LogP contribution in [-0.2, 0) is 6.42 Å². The Morgan fingerprint density at radius 3 is 2.87 bits per heavy atom. The van der Waals surface area contributed by atoms with E-state index in [0.717, 1.165) is 6.42 Å². The van der Waals surface area contributed by atoms with Crippen LogP contribution in [0.15, 0.2) is 9.57 Å². The molecule has 0 bridgehead atoms. The van der Waals surface area contributed by atoms with Crippen LogP contribution < -0.4 is 0 Å². The van der Waals surface area contributed by atoms with Crippen LogP contribution in [0.4, 0.5) is 0 Å². The molecule has 0 amide bonds. The van der Waals surface area contributed by atoms with Crippen molar-refractivity contribution in [2.45, 2.75) is 26.2 Å². The third-order valence-corrected chi connectivity index (χ3v) is 2.63. The van der Waals surface area contributed by atoms with Gasteiger partial charge in [0, 0.05) is 23.3 Å². The second-order valence-electron chi connectivity index (χ2n) is 3.55. The molecule has 15 heavy (non-hydrogen) atoms. The summed E-state index contributed by atoms with van der Waals surface area (Å²) in [5, 5.41) is 22.4. The Hall–Kier alpha value is -1.78. The van der Waals surface area contributed by atoms with Gasteiger partial charge in [-0.05, 0) is 19.8 Å². The zero-order chi connectivity index (χ0) is 11.0. The summed E-state index contributed by atoms with van der Waals surface area (Å²) in [7, 11) is 0. The van der Waals surface area contributed by atoms with Crippen LogP contribution in [0.1, 0.15) is 40.3 Å². The molecule has 0 aromatic carbocycles. The minimum absolute atomic E-state index is 0.0805. The van der Waals surface area contributed by atoms with Gasteiger partial charge in [0.25, 0.3) is 0 Å². The second-order valence-corrected chi connectivity index (χ2v) is 3.55. The molecule has 0 aliphatic heterocycles. The number of aromatic carboxylic acids is 1. The molecule has 0 unspecified atom stereocenters. The van der Waals surface area contributed by atoms with Crippen LogP contribution >= 0.6 is 0 Å². The van der Waals surface area contributed by atoms with Gasteiger partial charge in [-0.1, -0.05) is 0 Å². The Labute approximate surface area is 86.0 Å². The van der Waals surface area contributed by atoms with Gasteiger partial charge in [0.1, 0.15) is 5.76 Å². The maximum Gasteiger partial charge on any atom is 0.372 e. The van der Waals surface area contributed by atoms with E-state index in [4.69, 9.17) is 9.52 Å². The van der Waals surface area contributed by atoms with E-state index >= 15 is 0 Å². The van der Waals surface area contributed by atoms with Crippen LogP contribution in [0.25, 0.3) is 0 Å². The Balaban J connectivity index is 2.61. The van der Waals surface area contributed by atoms with Gasteiger partial charge in [-0.3, -0.25) is 0 Å². The highest BCUT2D eigenvalue weighted by Gasteiger charge is 2.26. The lowest BCUT2D eigenvalue weighted by Crippen LogP contribution is -2.10. The quantitative estimate of drug-likeness (QED) is 0.714. The topological polar surface area (TPSA) is 85.9 Å². The summed E-state index contributed by atoms with van der Waals surface area (Å²) in [5.74, 6) is -0.610. The van der Waals surface area contributed by atoms with Gasteiger partial charge < -0.3 is 19.9 Å². The molecule has 0 saturated heterocycles. The molecular formula is C10H10NO4-. The van der Waals surface area contributed by atoms with Gasteiger partial charge >= 0.3 is 5.97 Å². The van der Waals surface area contributed by atoms with E-state index in [1.165, 1.54) is 0 Å². The number of furan rings is 1. The number of carboxylic acid groups (broad SMARTS) is 1. The first-order valence-corrected chi connectivity index (χ1v) is 4.70. The molecule has 0 atom stereocenters. The number of rotatable bonds is 1. The van der Waals surface area contributed by atoms with Crippen LogP contribution in [0, 0.1) is 12.1 Å². The Morgan fingerprint density at radius 2 is 2.27 bits per heavy atom. The number of hydrogen-bond acceptors (Lipinski definition) is 4. The first-order valence-electron chi connectivity index (χ1n) is 4.70. The van der Waals surface area contributed by atoms with E-state index < -0.39 is 5.97 Å². The lowest BCUT2D eigenvalue weighted by Gasteiger charge is -2.14. The maximum atomic E-state index is 10.8. The van der Waals surface area contributed by atoms with Gasteiger partial charge in [-0.25, -0.2) is 4.79 Å². The summed E-state index contributed by atoms with van der Waals surface area (Å²) in [6.45, 7) is 1.64. The number of fused-ring (bicyclic) bond motifs is 1. The Bertz CT molecular complexity index is 445. The third-order valence-electron chi connectivity index (χ3n) is 2.63. The summed E-state index contributed by atoms with van der Waals surface area (Å²) in [6.07, 6.45) is 2.04. The molecule has 5 nitrogen and oxygen atoms in total. The highest BCUT2D eigenvalue weighted by atomic mass is 16.4. The van der Waals surface area contributed by atoms with Crippen molar-refractivity contribution in [3.05, 3.63) is 27.9 Å². The summed E-state index contributed by atoms with van der Waals surface area (Å²) >= 11 is 0. The molecular weight excluding hydrogens is 198 g/mol. The average molecular weight is 208 g/mol. The van der Waals surface area contributed by atoms with Crippen molar-refractivity contribution in [3.8, 4) is 0 Å². The maximum absolute atomic E-state index is 10.8. The molecule has 1 aliphatic rings. The number of carbonyl (C=O) groups is 1. The Morgan fingerprint density at radius 1 is 1.53 bits per heavy atom. The fourth-order valence-electron chi connectivity index (χ4n) is 1.96. The van der Waals surface area contributed by atoms with Crippen LogP contribution in [0.2, 0.25) is 0 Å². The fraction of sp³-hybridized carbons (Fsp3) is 0.400. The van der Waals surface area contributed by atoms with Crippen molar-refractivity contribution < 1.29 is 14.3 Å². The van der Waals surface area contributed by atoms with Gasteiger partial charge in [0.15, 0.2) is 0 Å². The molecule has 1 aromatic rings. The highest BCUT2D eigenvalue weighted by Crippen LogP contribution is 2.29. The first-order chi connectivity index (χ1) is 7.15. The summed E-state index contributed by atoms with van der Waals surface area (Å²) in [6, 6.07) is 0. The molecule has 0 saturated carbocycles. The minimum atomic E-state index is -1.10. The predicted molar refractivity (Wildman–Crippen MR) is 53.2 cm³/mol. The second kappa shape index (κ2) is 3.42. The largest absolute Gasteiger partial charge is 0.792 e. The van der Waals surface area contributed by atoms with Gasteiger partial charge in [-0.15, -0.1) is 0 Å². The molecule has 1 aliphatic carbocycles. The number of nitrogens with zero attached hydrogens (tertiary/aromatic N) is 1. The van der Waals surface area contributed by atoms with Crippen LogP contribution in [0.5, 0.6) is 0 Å². The van der Waals surface area contributed by atoms with Crippen molar-refractivity contribution in [2.75, 3.05) is 0 Å². The molecule has 80 valence electrons.